The minimum Gasteiger partial charge on any atom is -0.447 e. The van der Waals surface area contributed by atoms with Crippen molar-refractivity contribution >= 4 is 6.09 Å². The number of carbonyl (C=O) groups excluding carboxylic acids is 1. The van der Waals surface area contributed by atoms with Crippen molar-refractivity contribution in [1.29, 1.82) is 0 Å². The lowest BCUT2D eigenvalue weighted by Gasteiger charge is -2.08. The van der Waals surface area contributed by atoms with Crippen LogP contribution >= 0.6 is 0 Å². The standard InChI is InChI=1S/C8H13F2NO2/c1-4(2)13-8(12)11-6-3-5(6)7(9)10/h4-7H,3H2,1-2H3,(H,11,12)/t5-,6-/m1/s1. The Morgan fingerprint density at radius 3 is 2.54 bits per heavy atom. The number of hydrogen-bond acceptors (Lipinski definition) is 2. The number of nitrogens with one attached hydrogen (secondary N) is 1. The minimum atomic E-state index is -2.34. The van der Waals surface area contributed by atoms with Crippen LogP contribution in [-0.2, 0) is 4.74 Å². The van der Waals surface area contributed by atoms with Crippen LogP contribution in [0.25, 0.3) is 0 Å². The Balaban J connectivity index is 2.17. The van der Waals surface area contributed by atoms with Crippen molar-refractivity contribution in [2.45, 2.75) is 38.8 Å². The lowest BCUT2D eigenvalue weighted by Crippen LogP contribution is -2.30. The van der Waals surface area contributed by atoms with Crippen molar-refractivity contribution in [2.24, 2.45) is 5.92 Å². The normalized spacial score (nSPS) is 26.3. The largest absolute Gasteiger partial charge is 0.447 e. The fraction of sp³-hybridized carbons (Fsp3) is 0.875. The molecule has 2 atom stereocenters. The SMILES string of the molecule is CC(C)OC(=O)N[C@@H]1C[C@H]1C(F)F. The van der Waals surface area contributed by atoms with E-state index >= 15 is 0 Å². The van der Waals surface area contributed by atoms with Crippen molar-refractivity contribution in [3.8, 4) is 0 Å². The van der Waals surface area contributed by atoms with Gasteiger partial charge < -0.3 is 10.1 Å². The molecule has 0 aromatic rings. The molecule has 1 aliphatic rings. The second-order valence-corrected chi connectivity index (χ2v) is 3.44. The highest BCUT2D eigenvalue weighted by atomic mass is 19.3. The summed E-state index contributed by atoms with van der Waals surface area (Å²) < 4.78 is 28.7. The van der Waals surface area contributed by atoms with Crippen LogP contribution in [0, 0.1) is 5.92 Å². The number of alkyl carbamates (subject to hydrolysis) is 1. The van der Waals surface area contributed by atoms with Crippen LogP contribution < -0.4 is 5.32 Å². The van der Waals surface area contributed by atoms with Gasteiger partial charge in [0.05, 0.1) is 6.10 Å². The summed E-state index contributed by atoms with van der Waals surface area (Å²) in [7, 11) is 0. The van der Waals surface area contributed by atoms with Crippen LogP contribution in [0.3, 0.4) is 0 Å². The van der Waals surface area contributed by atoms with E-state index < -0.39 is 24.5 Å². The Morgan fingerprint density at radius 1 is 1.54 bits per heavy atom. The number of amides is 1. The molecule has 0 spiro atoms. The summed E-state index contributed by atoms with van der Waals surface area (Å²) in [6.45, 7) is 3.41. The Bertz CT molecular complexity index is 197. The Labute approximate surface area is 75.4 Å². The maximum absolute atomic E-state index is 12.0. The van der Waals surface area contributed by atoms with Gasteiger partial charge in [-0.05, 0) is 20.3 Å². The highest BCUT2D eigenvalue weighted by Crippen LogP contribution is 2.35. The predicted molar refractivity (Wildman–Crippen MR) is 42.7 cm³/mol. The fourth-order valence-electron chi connectivity index (χ4n) is 1.06. The summed E-state index contributed by atoms with van der Waals surface area (Å²) in [5, 5.41) is 2.38. The number of alkyl halides is 2. The Morgan fingerprint density at radius 2 is 2.15 bits per heavy atom. The van der Waals surface area contributed by atoms with Gasteiger partial charge in [0, 0.05) is 12.0 Å². The molecule has 0 aromatic carbocycles. The maximum Gasteiger partial charge on any atom is 0.407 e. The van der Waals surface area contributed by atoms with E-state index in [4.69, 9.17) is 4.74 Å². The zero-order valence-electron chi connectivity index (χ0n) is 7.59. The molecular weight excluding hydrogens is 180 g/mol. The molecular formula is C8H13F2NO2. The first-order chi connectivity index (χ1) is 6.00. The van der Waals surface area contributed by atoms with Crippen molar-refractivity contribution < 1.29 is 18.3 Å². The van der Waals surface area contributed by atoms with Gasteiger partial charge in [-0.25, -0.2) is 13.6 Å². The summed E-state index contributed by atoms with van der Waals surface area (Å²) in [4.78, 5) is 10.9. The molecule has 1 rings (SSSR count). The van der Waals surface area contributed by atoms with E-state index in [1.165, 1.54) is 0 Å². The van der Waals surface area contributed by atoms with E-state index in [0.29, 0.717) is 6.42 Å². The third kappa shape index (κ3) is 3.16. The van der Waals surface area contributed by atoms with Gasteiger partial charge in [-0.1, -0.05) is 0 Å². The van der Waals surface area contributed by atoms with E-state index in [2.05, 4.69) is 5.32 Å². The van der Waals surface area contributed by atoms with Gasteiger partial charge in [-0.2, -0.15) is 0 Å². The molecule has 1 amide bonds. The van der Waals surface area contributed by atoms with Crippen LogP contribution in [-0.4, -0.2) is 24.7 Å². The molecule has 13 heavy (non-hydrogen) atoms. The first-order valence-corrected chi connectivity index (χ1v) is 4.26. The third-order valence-electron chi connectivity index (χ3n) is 1.81. The number of carbonyl (C=O) groups is 1. The van der Waals surface area contributed by atoms with Crippen LogP contribution in [0.2, 0.25) is 0 Å². The quantitative estimate of drug-likeness (QED) is 0.741. The Hall–Kier alpha value is -0.870. The highest BCUT2D eigenvalue weighted by molar-refractivity contribution is 5.68. The summed E-state index contributed by atoms with van der Waals surface area (Å²) in [5.74, 6) is -0.681. The molecule has 0 radical (unpaired) electrons. The van der Waals surface area contributed by atoms with Crippen LogP contribution in [0.15, 0.2) is 0 Å². The zero-order chi connectivity index (χ0) is 10.0. The van der Waals surface area contributed by atoms with E-state index in [1.54, 1.807) is 13.8 Å². The number of halogens is 2. The van der Waals surface area contributed by atoms with Gasteiger partial charge in [0.2, 0.25) is 6.43 Å². The number of rotatable bonds is 3. The molecule has 0 bridgehead atoms. The molecule has 0 aromatic heterocycles. The molecule has 1 N–H and O–H groups in total. The third-order valence-corrected chi connectivity index (χ3v) is 1.81. The van der Waals surface area contributed by atoms with E-state index in [0.717, 1.165) is 0 Å². The second-order valence-electron chi connectivity index (χ2n) is 3.44. The van der Waals surface area contributed by atoms with Gasteiger partial charge in [0.25, 0.3) is 0 Å². The van der Waals surface area contributed by atoms with Gasteiger partial charge >= 0.3 is 6.09 Å². The smallest absolute Gasteiger partial charge is 0.407 e. The number of ether oxygens (including phenoxy) is 1. The molecule has 0 heterocycles. The van der Waals surface area contributed by atoms with Crippen molar-refractivity contribution in [1.82, 2.24) is 5.32 Å². The first kappa shape index (κ1) is 10.2. The van der Waals surface area contributed by atoms with Crippen LogP contribution in [0.5, 0.6) is 0 Å². The maximum atomic E-state index is 12.0. The van der Waals surface area contributed by atoms with Crippen LogP contribution in [0.1, 0.15) is 20.3 Å². The zero-order valence-corrected chi connectivity index (χ0v) is 7.59. The van der Waals surface area contributed by atoms with Gasteiger partial charge in [-0.3, -0.25) is 0 Å². The molecule has 76 valence electrons. The number of hydrogen-bond donors (Lipinski definition) is 1. The van der Waals surface area contributed by atoms with Crippen molar-refractivity contribution in [3.63, 3.8) is 0 Å². The van der Waals surface area contributed by atoms with Crippen LogP contribution in [0.4, 0.5) is 13.6 Å². The van der Waals surface area contributed by atoms with Gasteiger partial charge in [-0.15, -0.1) is 0 Å². The lowest BCUT2D eigenvalue weighted by molar-refractivity contribution is 0.105. The molecule has 0 saturated heterocycles. The predicted octanol–water partition coefficient (Wildman–Crippen LogP) is 1.77. The summed E-state index contributed by atoms with van der Waals surface area (Å²) in [6.07, 6.45) is -2.82. The summed E-state index contributed by atoms with van der Waals surface area (Å²) in [6, 6.07) is -0.397. The molecule has 0 aliphatic heterocycles. The Kier molecular flexibility index (Phi) is 3.06. The topological polar surface area (TPSA) is 38.3 Å². The monoisotopic (exact) mass is 193 g/mol. The average Bonchev–Trinajstić information content (AvgIpc) is 2.64. The second kappa shape index (κ2) is 3.89. The summed E-state index contributed by atoms with van der Waals surface area (Å²) >= 11 is 0. The lowest BCUT2D eigenvalue weighted by atomic mass is 10.4. The van der Waals surface area contributed by atoms with Crippen molar-refractivity contribution in [3.05, 3.63) is 0 Å². The minimum absolute atomic E-state index is 0.219. The molecule has 3 nitrogen and oxygen atoms in total. The molecule has 0 unspecified atom stereocenters. The van der Waals surface area contributed by atoms with E-state index in [9.17, 15) is 13.6 Å². The summed E-state index contributed by atoms with van der Waals surface area (Å²) in [5.41, 5.74) is 0. The van der Waals surface area contributed by atoms with E-state index in [1.807, 2.05) is 0 Å². The first-order valence-electron chi connectivity index (χ1n) is 4.26. The van der Waals surface area contributed by atoms with Gasteiger partial charge in [0.1, 0.15) is 0 Å². The fourth-order valence-corrected chi connectivity index (χ4v) is 1.06. The highest BCUT2D eigenvalue weighted by Gasteiger charge is 2.45. The molecule has 1 fully saturated rings. The molecule has 5 heteroatoms. The van der Waals surface area contributed by atoms with Crippen molar-refractivity contribution in [2.75, 3.05) is 0 Å². The van der Waals surface area contributed by atoms with E-state index in [-0.39, 0.29) is 6.10 Å². The van der Waals surface area contributed by atoms with Gasteiger partial charge in [0.15, 0.2) is 0 Å². The average molecular weight is 193 g/mol. The molecule has 1 aliphatic carbocycles. The molecule has 1 saturated carbocycles.